The lowest BCUT2D eigenvalue weighted by Crippen LogP contribution is -2.19. The summed E-state index contributed by atoms with van der Waals surface area (Å²) in [4.78, 5) is 4.11. The molecule has 3 nitrogen and oxygen atoms in total. The summed E-state index contributed by atoms with van der Waals surface area (Å²) >= 11 is 0. The molecule has 0 saturated carbocycles. The quantitative estimate of drug-likeness (QED) is 0.786. The van der Waals surface area contributed by atoms with E-state index in [1.165, 1.54) is 18.4 Å². The van der Waals surface area contributed by atoms with Gasteiger partial charge in [-0.2, -0.15) is 0 Å². The Morgan fingerprint density at radius 3 is 3.19 bits per heavy atom. The standard InChI is InChI=1S/C13H19NO2/c1-3-10-5-7-16-12(8-10)11-4-6-14-13(9-11)15-2/h4,6,9-10,12H,3,5,7-8H2,1-2H3. The van der Waals surface area contributed by atoms with Crippen LogP contribution in [-0.2, 0) is 4.74 Å². The Morgan fingerprint density at radius 2 is 2.44 bits per heavy atom. The van der Waals surface area contributed by atoms with Crippen LogP contribution in [0.2, 0.25) is 0 Å². The van der Waals surface area contributed by atoms with Crippen molar-refractivity contribution in [3.63, 3.8) is 0 Å². The highest BCUT2D eigenvalue weighted by molar-refractivity contribution is 5.23. The second kappa shape index (κ2) is 5.30. The highest BCUT2D eigenvalue weighted by Gasteiger charge is 2.23. The zero-order valence-corrected chi connectivity index (χ0v) is 9.98. The maximum Gasteiger partial charge on any atom is 0.213 e. The van der Waals surface area contributed by atoms with Crippen molar-refractivity contribution in [2.45, 2.75) is 32.3 Å². The second-order valence-electron chi connectivity index (χ2n) is 4.29. The molecule has 0 spiro atoms. The van der Waals surface area contributed by atoms with Crippen molar-refractivity contribution in [2.24, 2.45) is 5.92 Å². The van der Waals surface area contributed by atoms with Crippen LogP contribution in [0.3, 0.4) is 0 Å². The summed E-state index contributed by atoms with van der Waals surface area (Å²) in [5.74, 6) is 1.46. The van der Waals surface area contributed by atoms with Gasteiger partial charge in [-0.15, -0.1) is 0 Å². The van der Waals surface area contributed by atoms with Crippen LogP contribution in [0.1, 0.15) is 37.9 Å². The number of pyridine rings is 1. The Hall–Kier alpha value is -1.09. The van der Waals surface area contributed by atoms with E-state index in [-0.39, 0.29) is 6.10 Å². The fourth-order valence-electron chi connectivity index (χ4n) is 2.21. The molecule has 0 aliphatic carbocycles. The molecule has 0 radical (unpaired) electrons. The Labute approximate surface area is 96.8 Å². The fraction of sp³-hybridized carbons (Fsp3) is 0.615. The summed E-state index contributed by atoms with van der Waals surface area (Å²) in [6.45, 7) is 3.12. The minimum atomic E-state index is 0.218. The van der Waals surface area contributed by atoms with Gasteiger partial charge in [0.15, 0.2) is 0 Å². The molecular weight excluding hydrogens is 202 g/mol. The third-order valence-corrected chi connectivity index (χ3v) is 3.31. The number of aromatic nitrogens is 1. The van der Waals surface area contributed by atoms with Crippen LogP contribution in [0.5, 0.6) is 5.88 Å². The zero-order chi connectivity index (χ0) is 11.4. The minimum Gasteiger partial charge on any atom is -0.481 e. The van der Waals surface area contributed by atoms with Gasteiger partial charge in [-0.05, 0) is 30.4 Å². The molecule has 0 bridgehead atoms. The van der Waals surface area contributed by atoms with Crippen molar-refractivity contribution in [1.82, 2.24) is 4.98 Å². The number of hydrogen-bond donors (Lipinski definition) is 0. The lowest BCUT2D eigenvalue weighted by Gasteiger charge is -2.29. The fourth-order valence-corrected chi connectivity index (χ4v) is 2.21. The average Bonchev–Trinajstić information content (AvgIpc) is 2.39. The van der Waals surface area contributed by atoms with Crippen LogP contribution in [0, 0.1) is 5.92 Å². The van der Waals surface area contributed by atoms with E-state index < -0.39 is 0 Å². The highest BCUT2D eigenvalue weighted by atomic mass is 16.5. The largest absolute Gasteiger partial charge is 0.481 e. The minimum absolute atomic E-state index is 0.218. The molecule has 1 fully saturated rings. The van der Waals surface area contributed by atoms with Crippen molar-refractivity contribution in [2.75, 3.05) is 13.7 Å². The molecule has 16 heavy (non-hydrogen) atoms. The Bertz CT molecular complexity index is 340. The summed E-state index contributed by atoms with van der Waals surface area (Å²) in [5.41, 5.74) is 1.19. The van der Waals surface area contributed by atoms with Gasteiger partial charge in [0.25, 0.3) is 0 Å². The molecule has 0 amide bonds. The van der Waals surface area contributed by atoms with Crippen LogP contribution in [0.4, 0.5) is 0 Å². The van der Waals surface area contributed by atoms with Crippen LogP contribution in [-0.4, -0.2) is 18.7 Å². The normalized spacial score (nSPS) is 25.4. The van der Waals surface area contributed by atoms with Crippen molar-refractivity contribution in [1.29, 1.82) is 0 Å². The lowest BCUT2D eigenvalue weighted by molar-refractivity contribution is -0.0112. The van der Waals surface area contributed by atoms with Crippen molar-refractivity contribution in [3.8, 4) is 5.88 Å². The predicted octanol–water partition coefficient (Wildman–Crippen LogP) is 2.97. The Balaban J connectivity index is 2.10. The molecule has 1 aromatic heterocycles. The topological polar surface area (TPSA) is 31.4 Å². The lowest BCUT2D eigenvalue weighted by atomic mass is 9.90. The van der Waals surface area contributed by atoms with Gasteiger partial charge in [-0.1, -0.05) is 13.3 Å². The molecule has 2 rings (SSSR count). The number of hydrogen-bond acceptors (Lipinski definition) is 3. The molecule has 2 unspecified atom stereocenters. The van der Waals surface area contributed by atoms with Crippen LogP contribution in [0.25, 0.3) is 0 Å². The summed E-state index contributed by atoms with van der Waals surface area (Å²) < 4.78 is 10.9. The van der Waals surface area contributed by atoms with Gasteiger partial charge in [0.1, 0.15) is 0 Å². The molecule has 1 aliphatic rings. The molecule has 3 heteroatoms. The molecule has 2 atom stereocenters. The van der Waals surface area contributed by atoms with E-state index in [1.807, 2.05) is 12.1 Å². The molecular formula is C13H19NO2. The SMILES string of the molecule is CCC1CCOC(c2ccnc(OC)c2)C1. The van der Waals surface area contributed by atoms with Crippen molar-refractivity contribution >= 4 is 0 Å². The average molecular weight is 221 g/mol. The van der Waals surface area contributed by atoms with Gasteiger partial charge in [-0.3, -0.25) is 0 Å². The monoisotopic (exact) mass is 221 g/mol. The van der Waals surface area contributed by atoms with Crippen LogP contribution < -0.4 is 4.74 Å². The maximum absolute atomic E-state index is 5.81. The van der Waals surface area contributed by atoms with E-state index >= 15 is 0 Å². The number of ether oxygens (including phenoxy) is 2. The second-order valence-corrected chi connectivity index (χ2v) is 4.29. The summed E-state index contributed by atoms with van der Waals surface area (Å²) in [6, 6.07) is 3.99. The van der Waals surface area contributed by atoms with Crippen molar-refractivity contribution < 1.29 is 9.47 Å². The first-order valence-corrected chi connectivity index (χ1v) is 5.95. The Morgan fingerprint density at radius 1 is 1.56 bits per heavy atom. The first-order chi connectivity index (χ1) is 7.83. The molecule has 1 aromatic rings. The predicted molar refractivity (Wildman–Crippen MR) is 62.5 cm³/mol. The molecule has 0 aromatic carbocycles. The molecule has 1 aliphatic heterocycles. The molecule has 1 saturated heterocycles. The number of nitrogens with zero attached hydrogens (tertiary/aromatic N) is 1. The van der Waals surface area contributed by atoms with E-state index in [2.05, 4.69) is 11.9 Å². The van der Waals surface area contributed by atoms with E-state index in [4.69, 9.17) is 9.47 Å². The van der Waals surface area contributed by atoms with Gasteiger partial charge in [0.05, 0.1) is 13.2 Å². The highest BCUT2D eigenvalue weighted by Crippen LogP contribution is 2.33. The number of methoxy groups -OCH3 is 1. The third-order valence-electron chi connectivity index (χ3n) is 3.31. The van der Waals surface area contributed by atoms with E-state index in [0.717, 1.165) is 18.9 Å². The number of rotatable bonds is 3. The maximum atomic E-state index is 5.81. The molecule has 0 N–H and O–H groups in total. The smallest absolute Gasteiger partial charge is 0.213 e. The van der Waals surface area contributed by atoms with Gasteiger partial charge in [0.2, 0.25) is 5.88 Å². The van der Waals surface area contributed by atoms with Crippen LogP contribution >= 0.6 is 0 Å². The first-order valence-electron chi connectivity index (χ1n) is 5.95. The summed E-state index contributed by atoms with van der Waals surface area (Å²) in [7, 11) is 1.64. The summed E-state index contributed by atoms with van der Waals surface area (Å²) in [6.07, 6.45) is 5.55. The van der Waals surface area contributed by atoms with Gasteiger partial charge in [-0.25, -0.2) is 4.98 Å². The van der Waals surface area contributed by atoms with Gasteiger partial charge in [0, 0.05) is 18.9 Å². The first kappa shape index (κ1) is 11.4. The summed E-state index contributed by atoms with van der Waals surface area (Å²) in [5, 5.41) is 0. The van der Waals surface area contributed by atoms with Gasteiger partial charge < -0.3 is 9.47 Å². The van der Waals surface area contributed by atoms with E-state index in [9.17, 15) is 0 Å². The zero-order valence-electron chi connectivity index (χ0n) is 9.98. The Kier molecular flexibility index (Phi) is 3.78. The third kappa shape index (κ3) is 2.53. The van der Waals surface area contributed by atoms with Crippen molar-refractivity contribution in [3.05, 3.63) is 23.9 Å². The van der Waals surface area contributed by atoms with Crippen LogP contribution in [0.15, 0.2) is 18.3 Å². The van der Waals surface area contributed by atoms with Gasteiger partial charge >= 0.3 is 0 Å². The van der Waals surface area contributed by atoms with E-state index in [1.54, 1.807) is 13.3 Å². The molecule has 88 valence electrons. The van der Waals surface area contributed by atoms with E-state index in [0.29, 0.717) is 5.88 Å². The molecule has 2 heterocycles.